The lowest BCUT2D eigenvalue weighted by atomic mass is 9.94. The Bertz CT molecular complexity index is 717. The molecule has 2 heterocycles. The van der Waals surface area contributed by atoms with Gasteiger partial charge in [-0.25, -0.2) is 0 Å². The number of nitrogens with zero attached hydrogens (tertiary/aromatic N) is 1. The highest BCUT2D eigenvalue weighted by atomic mass is 19.4. The quantitative estimate of drug-likeness (QED) is 0.894. The minimum atomic E-state index is -4.41. The Morgan fingerprint density at radius 2 is 1.88 bits per heavy atom. The van der Waals surface area contributed by atoms with Crippen LogP contribution in [0.4, 0.5) is 13.2 Å². The highest BCUT2D eigenvalue weighted by Gasteiger charge is 2.42. The maximum absolute atomic E-state index is 12.7. The van der Waals surface area contributed by atoms with Crippen molar-refractivity contribution >= 4 is 11.5 Å². The number of hydrogen-bond donors (Lipinski definition) is 1. The van der Waals surface area contributed by atoms with Crippen molar-refractivity contribution in [2.75, 3.05) is 13.2 Å². The number of aryl methyl sites for hydroxylation is 2. The van der Waals surface area contributed by atoms with E-state index in [1.54, 1.807) is 18.7 Å². The van der Waals surface area contributed by atoms with Crippen molar-refractivity contribution in [2.45, 2.75) is 45.3 Å². The van der Waals surface area contributed by atoms with Crippen molar-refractivity contribution in [3.05, 3.63) is 34.6 Å². The lowest BCUT2D eigenvalue weighted by Crippen LogP contribution is -2.39. The predicted molar refractivity (Wildman–Crippen MR) is 86.4 cm³/mol. The van der Waals surface area contributed by atoms with E-state index < -0.39 is 12.8 Å². The van der Waals surface area contributed by atoms with Gasteiger partial charge in [0.05, 0.1) is 11.6 Å². The molecule has 136 valence electrons. The van der Waals surface area contributed by atoms with E-state index in [-0.39, 0.29) is 29.0 Å². The molecule has 0 aliphatic carbocycles. The lowest BCUT2D eigenvalue weighted by Gasteiger charge is -2.29. The fraction of sp³-hybridized carbons (Fsp3) is 0.500. The summed E-state index contributed by atoms with van der Waals surface area (Å²) < 4.78 is 41.8. The first-order chi connectivity index (χ1) is 11.7. The number of ether oxygens (including phenoxy) is 1. The van der Waals surface area contributed by atoms with Crippen LogP contribution >= 0.6 is 0 Å². The van der Waals surface area contributed by atoms with Gasteiger partial charge in [-0.15, -0.1) is 0 Å². The van der Waals surface area contributed by atoms with Gasteiger partial charge in [0, 0.05) is 6.54 Å². The fourth-order valence-electron chi connectivity index (χ4n) is 3.68. The number of hydrogen-bond acceptors (Lipinski definition) is 3. The van der Waals surface area contributed by atoms with Crippen LogP contribution in [-0.4, -0.2) is 41.3 Å². The summed E-state index contributed by atoms with van der Waals surface area (Å²) in [5.74, 6) is -0.0449. The molecule has 2 aliphatic heterocycles. The predicted octanol–water partition coefficient (Wildman–Crippen LogP) is 3.91. The molecule has 1 saturated heterocycles. The lowest BCUT2D eigenvalue weighted by molar-refractivity contribution is -0.153. The van der Waals surface area contributed by atoms with E-state index in [9.17, 15) is 23.1 Å². The summed E-state index contributed by atoms with van der Waals surface area (Å²) in [7, 11) is 0. The van der Waals surface area contributed by atoms with Crippen molar-refractivity contribution in [3.8, 4) is 5.75 Å². The van der Waals surface area contributed by atoms with Crippen LogP contribution in [0.2, 0.25) is 0 Å². The molecule has 1 atom stereocenters. The summed E-state index contributed by atoms with van der Waals surface area (Å²) in [6.45, 7) is 2.65. The van der Waals surface area contributed by atoms with Crippen molar-refractivity contribution in [1.29, 1.82) is 0 Å². The number of amides is 1. The van der Waals surface area contributed by atoms with Gasteiger partial charge in [-0.05, 0) is 61.9 Å². The third-order valence-electron chi connectivity index (χ3n) is 4.71. The Morgan fingerprint density at radius 1 is 1.24 bits per heavy atom. The highest BCUT2D eigenvalue weighted by molar-refractivity contribution is 6.23. The Balaban J connectivity index is 1.95. The van der Waals surface area contributed by atoms with Gasteiger partial charge in [0.15, 0.2) is 6.61 Å². The third kappa shape index (κ3) is 3.32. The number of aliphatic hydroxyl groups is 1. The summed E-state index contributed by atoms with van der Waals surface area (Å²) in [4.78, 5) is 14.4. The van der Waals surface area contributed by atoms with E-state index in [0.29, 0.717) is 23.2 Å². The molecular formula is C18H20F3NO3. The number of benzene rings is 1. The van der Waals surface area contributed by atoms with Crippen LogP contribution in [0.1, 0.15) is 36.0 Å². The average molecular weight is 355 g/mol. The van der Waals surface area contributed by atoms with E-state index >= 15 is 0 Å². The molecule has 0 spiro atoms. The van der Waals surface area contributed by atoms with Crippen LogP contribution in [0.25, 0.3) is 5.57 Å². The average Bonchev–Trinajstić information content (AvgIpc) is 2.77. The molecule has 1 N–H and O–H groups in total. The first-order valence-electron chi connectivity index (χ1n) is 8.24. The van der Waals surface area contributed by atoms with E-state index in [2.05, 4.69) is 0 Å². The van der Waals surface area contributed by atoms with E-state index in [1.807, 2.05) is 0 Å². The van der Waals surface area contributed by atoms with Gasteiger partial charge >= 0.3 is 6.18 Å². The van der Waals surface area contributed by atoms with Crippen molar-refractivity contribution in [2.24, 2.45) is 0 Å². The van der Waals surface area contributed by atoms with Crippen LogP contribution in [-0.2, 0) is 4.79 Å². The summed E-state index contributed by atoms with van der Waals surface area (Å²) in [6, 6.07) is 2.66. The molecule has 2 aliphatic rings. The molecule has 0 radical (unpaired) electrons. The van der Waals surface area contributed by atoms with Gasteiger partial charge in [0.2, 0.25) is 0 Å². The molecule has 0 bridgehead atoms. The van der Waals surface area contributed by atoms with Crippen molar-refractivity contribution in [3.63, 3.8) is 0 Å². The van der Waals surface area contributed by atoms with Gasteiger partial charge < -0.3 is 14.7 Å². The van der Waals surface area contributed by atoms with Gasteiger partial charge in [0.1, 0.15) is 11.5 Å². The molecule has 0 saturated carbocycles. The molecule has 25 heavy (non-hydrogen) atoms. The van der Waals surface area contributed by atoms with Crippen LogP contribution in [0.15, 0.2) is 17.9 Å². The number of fused-ring (bicyclic) bond motifs is 1. The normalized spacial score (nSPS) is 20.9. The van der Waals surface area contributed by atoms with Crippen LogP contribution < -0.4 is 4.74 Å². The topological polar surface area (TPSA) is 49.8 Å². The summed E-state index contributed by atoms with van der Waals surface area (Å²) in [5, 5.41) is 10.6. The molecule has 7 heteroatoms. The molecule has 1 fully saturated rings. The van der Waals surface area contributed by atoms with Crippen LogP contribution in [0.5, 0.6) is 5.75 Å². The zero-order valence-electron chi connectivity index (χ0n) is 14.1. The van der Waals surface area contributed by atoms with E-state index in [1.165, 1.54) is 12.1 Å². The summed E-state index contributed by atoms with van der Waals surface area (Å²) in [5.41, 5.74) is 2.05. The number of halogens is 3. The minimum Gasteiger partial charge on any atom is -0.509 e. The molecule has 1 aromatic rings. The molecule has 0 aromatic heterocycles. The smallest absolute Gasteiger partial charge is 0.422 e. The number of rotatable bonds is 3. The minimum absolute atomic E-state index is 0.0693. The second-order valence-electron chi connectivity index (χ2n) is 6.61. The second-order valence-corrected chi connectivity index (χ2v) is 6.61. The van der Waals surface area contributed by atoms with E-state index in [0.717, 1.165) is 19.3 Å². The largest absolute Gasteiger partial charge is 0.509 e. The third-order valence-corrected chi connectivity index (χ3v) is 4.71. The number of alkyl halides is 3. The Morgan fingerprint density at radius 3 is 2.44 bits per heavy atom. The molecule has 1 unspecified atom stereocenters. The number of piperidine rings is 1. The molecule has 3 rings (SSSR count). The summed E-state index contributed by atoms with van der Waals surface area (Å²) in [6.07, 6.45) is -1.82. The standard InChI is InChI=1S/C18H20F3NO3/c1-10-7-12(25-9-18(19,20)21)8-11(2)14(10)15-16(23)13-5-3-4-6-22(13)17(15)24/h7-8,13,23H,3-6,9H2,1-2H3. The van der Waals surface area contributed by atoms with Crippen LogP contribution in [0, 0.1) is 13.8 Å². The van der Waals surface area contributed by atoms with Gasteiger partial charge in [-0.2, -0.15) is 13.2 Å². The Kier molecular flexibility index (Phi) is 4.43. The number of aliphatic hydroxyl groups excluding tert-OH is 1. The summed E-state index contributed by atoms with van der Waals surface area (Å²) >= 11 is 0. The molecule has 1 aromatic carbocycles. The van der Waals surface area contributed by atoms with Gasteiger partial charge in [-0.1, -0.05) is 0 Å². The van der Waals surface area contributed by atoms with E-state index in [4.69, 9.17) is 4.74 Å². The zero-order chi connectivity index (χ0) is 18.4. The second kappa shape index (κ2) is 6.28. The fourth-order valence-corrected chi connectivity index (χ4v) is 3.68. The monoisotopic (exact) mass is 355 g/mol. The first kappa shape index (κ1) is 17.6. The van der Waals surface area contributed by atoms with Gasteiger partial charge in [0.25, 0.3) is 5.91 Å². The Hall–Kier alpha value is -2.18. The van der Waals surface area contributed by atoms with Crippen molar-refractivity contribution in [1.82, 2.24) is 4.90 Å². The molecule has 1 amide bonds. The molecule has 4 nitrogen and oxygen atoms in total. The highest BCUT2D eigenvalue weighted by Crippen LogP contribution is 2.39. The zero-order valence-corrected chi connectivity index (χ0v) is 14.1. The SMILES string of the molecule is Cc1cc(OCC(F)(F)F)cc(C)c1C1=C(O)C2CCCCN2C1=O. The number of carbonyl (C=O) groups excluding carboxylic acids is 1. The maximum Gasteiger partial charge on any atom is 0.422 e. The molecular weight excluding hydrogens is 335 g/mol. The maximum atomic E-state index is 12.7. The number of carbonyl (C=O) groups is 1. The first-order valence-corrected chi connectivity index (χ1v) is 8.24. The Labute approximate surface area is 143 Å². The van der Waals surface area contributed by atoms with Gasteiger partial charge in [-0.3, -0.25) is 4.79 Å². The van der Waals surface area contributed by atoms with Crippen LogP contribution in [0.3, 0.4) is 0 Å². The van der Waals surface area contributed by atoms with Crippen molar-refractivity contribution < 1.29 is 27.8 Å².